The molecule has 0 radical (unpaired) electrons. The van der Waals surface area contributed by atoms with Crippen LogP contribution in [0.4, 0.5) is 9.59 Å². The first kappa shape index (κ1) is 45.0. The molecule has 5 aliphatic rings. The Balaban J connectivity index is 0.806. The second-order valence-electron chi connectivity index (χ2n) is 19.1. The van der Waals surface area contributed by atoms with E-state index in [-0.39, 0.29) is 35.9 Å². The normalized spacial score (nSPS) is 22.1. The fourth-order valence-electron chi connectivity index (χ4n) is 11.3. The van der Waals surface area contributed by atoms with E-state index >= 15 is 0 Å². The lowest BCUT2D eigenvalue weighted by atomic mass is 9.87. The maximum absolute atomic E-state index is 14.7. The molecule has 16 nitrogen and oxygen atoms in total. The highest BCUT2D eigenvalue weighted by Crippen LogP contribution is 2.51. The molecule has 1 saturated carbocycles. The molecule has 6 aromatic rings. The molecule has 0 spiro atoms. The number of aromatic amines is 2. The minimum atomic E-state index is -0.913. The molecule has 4 amide bonds. The number of carbonyl (C=O) groups excluding carboxylic acids is 4. The quantitative estimate of drug-likeness (QED) is 0.0862. The molecular weight excluding hydrogens is 889 g/mol. The second kappa shape index (κ2) is 18.5. The molecule has 4 N–H and O–H groups in total. The van der Waals surface area contributed by atoms with Crippen LogP contribution < -0.4 is 15.4 Å². The van der Waals surface area contributed by atoms with Gasteiger partial charge in [0.15, 0.2) is 0 Å². The summed E-state index contributed by atoms with van der Waals surface area (Å²) in [4.78, 5) is 73.9. The van der Waals surface area contributed by atoms with E-state index in [4.69, 9.17) is 28.9 Å². The largest absolute Gasteiger partial charge is 0.488 e. The Bertz CT molecular complexity index is 3040. The minimum Gasteiger partial charge on any atom is -0.488 e. The van der Waals surface area contributed by atoms with Crippen LogP contribution in [0.5, 0.6) is 5.75 Å². The lowest BCUT2D eigenvalue weighted by Gasteiger charge is -2.36. The number of aromatic nitrogens is 4. The average Bonchev–Trinajstić information content (AvgIpc) is 4.25. The van der Waals surface area contributed by atoms with Crippen LogP contribution in [-0.2, 0) is 30.4 Å². The summed E-state index contributed by atoms with van der Waals surface area (Å²) in [6.45, 7) is 2.66. The zero-order valence-corrected chi connectivity index (χ0v) is 39.6. The van der Waals surface area contributed by atoms with E-state index in [9.17, 15) is 19.2 Å². The number of hydrogen-bond donors (Lipinski definition) is 4. The number of amides is 4. The predicted octanol–water partition coefficient (Wildman–Crippen LogP) is 8.80. The van der Waals surface area contributed by atoms with Crippen molar-refractivity contribution in [2.75, 3.05) is 27.9 Å². The molecule has 8 atom stereocenters. The number of methoxy groups -OCH3 is 3. The van der Waals surface area contributed by atoms with Gasteiger partial charge in [-0.3, -0.25) is 9.59 Å². The number of alkyl carbamates (subject to hydrolysis) is 2. The van der Waals surface area contributed by atoms with Gasteiger partial charge in [0.2, 0.25) is 5.91 Å². The number of allylic oxidation sites excluding steroid dienone is 2. The minimum absolute atomic E-state index is 0.0520. The Morgan fingerprint density at radius 2 is 1.57 bits per heavy atom. The van der Waals surface area contributed by atoms with Gasteiger partial charge < -0.3 is 49.3 Å². The van der Waals surface area contributed by atoms with Gasteiger partial charge in [0.1, 0.15) is 36.1 Å². The van der Waals surface area contributed by atoms with Gasteiger partial charge in [-0.1, -0.05) is 60.7 Å². The van der Waals surface area contributed by atoms with Gasteiger partial charge in [0.25, 0.3) is 5.91 Å². The second-order valence-corrected chi connectivity index (χ2v) is 19.1. The van der Waals surface area contributed by atoms with E-state index < -0.39 is 30.4 Å². The lowest BCUT2D eigenvalue weighted by molar-refractivity contribution is -0.138. The summed E-state index contributed by atoms with van der Waals surface area (Å²) in [6.07, 6.45) is 9.52. The maximum atomic E-state index is 14.7. The Morgan fingerprint density at radius 3 is 2.34 bits per heavy atom. The fraction of sp³-hybridized carbons (Fsp3) is 0.370. The summed E-state index contributed by atoms with van der Waals surface area (Å²) in [5.74, 6) is 2.41. The molecular formula is C54H56N8O8. The van der Waals surface area contributed by atoms with E-state index in [0.717, 1.165) is 106 Å². The molecule has 16 heteroatoms. The number of rotatable bonds is 12. The van der Waals surface area contributed by atoms with Crippen molar-refractivity contribution in [2.45, 2.75) is 94.3 Å². The van der Waals surface area contributed by atoms with E-state index in [1.807, 2.05) is 47.4 Å². The summed E-state index contributed by atoms with van der Waals surface area (Å²) in [7, 11) is 4.07. The van der Waals surface area contributed by atoms with E-state index in [1.165, 1.54) is 26.9 Å². The molecule has 3 aliphatic heterocycles. The summed E-state index contributed by atoms with van der Waals surface area (Å²) in [5, 5.41) is 5.48. The van der Waals surface area contributed by atoms with Gasteiger partial charge in [0.05, 0.1) is 55.3 Å². The van der Waals surface area contributed by atoms with Crippen molar-refractivity contribution >= 4 is 35.0 Å². The van der Waals surface area contributed by atoms with E-state index in [1.54, 1.807) is 18.0 Å². The molecule has 2 bridgehead atoms. The third-order valence-corrected chi connectivity index (χ3v) is 15.2. The molecule has 4 aromatic carbocycles. The molecule has 3 fully saturated rings. The first-order chi connectivity index (χ1) is 34.1. The van der Waals surface area contributed by atoms with Gasteiger partial charge in [-0.15, -0.1) is 0 Å². The van der Waals surface area contributed by atoms with Gasteiger partial charge >= 0.3 is 12.2 Å². The van der Waals surface area contributed by atoms with Crippen LogP contribution in [0.3, 0.4) is 0 Å². The van der Waals surface area contributed by atoms with Crippen molar-refractivity contribution in [1.29, 1.82) is 0 Å². The summed E-state index contributed by atoms with van der Waals surface area (Å²) in [6, 6.07) is 24.5. The molecule has 2 aromatic heterocycles. The monoisotopic (exact) mass is 944 g/mol. The van der Waals surface area contributed by atoms with Crippen LogP contribution in [0, 0.1) is 5.92 Å². The highest BCUT2D eigenvalue weighted by Gasteiger charge is 2.51. The predicted molar refractivity (Wildman–Crippen MR) is 260 cm³/mol. The fourth-order valence-corrected chi connectivity index (χ4v) is 11.3. The molecule has 2 aliphatic carbocycles. The smallest absolute Gasteiger partial charge is 0.407 e. The highest BCUT2D eigenvalue weighted by atomic mass is 16.5. The maximum Gasteiger partial charge on any atom is 0.407 e. The summed E-state index contributed by atoms with van der Waals surface area (Å²) in [5.41, 5.74) is 10.5. The van der Waals surface area contributed by atoms with Crippen molar-refractivity contribution < 1.29 is 38.1 Å². The standard InChI is InChI=1S/C54H56N8O8/c1-29(67-2)46(59-53(65)68-3)51(63)61-22-6-9-44(61)49-55-27-43(58-49)35-16-20-40-39-19-15-33(23-37(39)28-70-45(40)26-35)34-17-21-41-42(25-34)57-50(56-41)48-36-14-18-38(24-36)62(48)52(64)47(60-54(66)69-4)32-12-10-31(11-13-32)30-7-5-8-30/h5,7,10-13,15-17,19-21,23,25-27,29-30,36,38,44,46-48H,6,8-9,14,18,22,24,28H2,1-4H3,(H,55,58)(H,56,57)(H,59,65)(H,60,66)/t29-,30-,36?,38-,44+,46?,47-,48?/m1/s1. The van der Waals surface area contributed by atoms with Gasteiger partial charge in [-0.05, 0) is 115 Å². The number of likely N-dealkylation sites (tertiary alicyclic amines) is 2. The van der Waals surface area contributed by atoms with Crippen molar-refractivity contribution in [1.82, 2.24) is 40.4 Å². The molecule has 11 rings (SSSR count). The van der Waals surface area contributed by atoms with Crippen LogP contribution in [-0.4, -0.2) is 99.8 Å². The van der Waals surface area contributed by atoms with Crippen molar-refractivity contribution in [2.24, 2.45) is 5.92 Å². The SMILES string of the molecule is COC(=O)NC(C(=O)N1CCC[C@H]1c1ncc(-c2ccc3c(c2)OCc2cc(-c4ccc5nc(C6C7CC[C@H](C7)N6C(=O)[C@H](NC(=O)OC)c6ccc([C@@H]7C=CC7)cc6)[nH]c5c4)ccc2-3)[nH]1)[C@@H](C)OC. The number of nitrogens with zero attached hydrogens (tertiary/aromatic N) is 4. The topological polar surface area (TPSA) is 193 Å². The number of H-pyrrole nitrogens is 2. The van der Waals surface area contributed by atoms with Crippen molar-refractivity contribution in [3.8, 4) is 39.3 Å². The molecule has 70 heavy (non-hydrogen) atoms. The van der Waals surface area contributed by atoms with Gasteiger partial charge in [-0.25, -0.2) is 19.6 Å². The van der Waals surface area contributed by atoms with Crippen LogP contribution in [0.25, 0.3) is 44.5 Å². The van der Waals surface area contributed by atoms with Crippen LogP contribution in [0.1, 0.15) is 97.8 Å². The number of fused-ring (bicyclic) bond motifs is 6. The Hall–Kier alpha value is -7.46. The molecule has 5 heterocycles. The number of benzene rings is 4. The van der Waals surface area contributed by atoms with E-state index in [2.05, 4.69) is 69.2 Å². The van der Waals surface area contributed by atoms with Gasteiger partial charge in [-0.2, -0.15) is 0 Å². The number of imidazole rings is 2. The van der Waals surface area contributed by atoms with Crippen LogP contribution >= 0.6 is 0 Å². The Kier molecular flexibility index (Phi) is 11.9. The van der Waals surface area contributed by atoms with Crippen molar-refractivity contribution in [3.63, 3.8) is 0 Å². The number of carbonyl (C=O) groups is 4. The first-order valence-electron chi connectivity index (χ1n) is 24.2. The Morgan fingerprint density at radius 1 is 0.814 bits per heavy atom. The van der Waals surface area contributed by atoms with Gasteiger partial charge in [0, 0.05) is 36.7 Å². The zero-order chi connectivity index (χ0) is 48.2. The lowest BCUT2D eigenvalue weighted by Crippen LogP contribution is -2.54. The third kappa shape index (κ3) is 8.12. The first-order valence-corrected chi connectivity index (χ1v) is 24.2. The van der Waals surface area contributed by atoms with Crippen LogP contribution in [0.2, 0.25) is 0 Å². The molecule has 3 unspecified atom stereocenters. The molecule has 2 saturated heterocycles. The zero-order valence-electron chi connectivity index (χ0n) is 39.6. The number of nitrogens with one attached hydrogen (secondary N) is 4. The number of piperidine rings is 1. The summed E-state index contributed by atoms with van der Waals surface area (Å²) < 4.78 is 21.6. The van der Waals surface area contributed by atoms with E-state index in [0.29, 0.717) is 24.9 Å². The average molecular weight is 945 g/mol. The van der Waals surface area contributed by atoms with Crippen LogP contribution in [0.15, 0.2) is 97.2 Å². The molecule has 360 valence electrons. The highest BCUT2D eigenvalue weighted by molar-refractivity contribution is 5.89. The third-order valence-electron chi connectivity index (χ3n) is 15.2. The number of ether oxygens (including phenoxy) is 4. The van der Waals surface area contributed by atoms with Crippen molar-refractivity contribution in [3.05, 3.63) is 126 Å². The summed E-state index contributed by atoms with van der Waals surface area (Å²) >= 11 is 0. The number of hydrogen-bond acceptors (Lipinski definition) is 10. The Labute approximate surface area is 405 Å².